The van der Waals surface area contributed by atoms with Gasteiger partial charge in [0.25, 0.3) is 0 Å². The summed E-state index contributed by atoms with van der Waals surface area (Å²) in [4.78, 5) is 36.2. The van der Waals surface area contributed by atoms with Crippen molar-refractivity contribution in [1.82, 2.24) is 15.5 Å². The molecule has 21 heavy (non-hydrogen) atoms. The highest BCUT2D eigenvalue weighted by Crippen LogP contribution is 2.23. The van der Waals surface area contributed by atoms with Crippen molar-refractivity contribution in [3.05, 3.63) is 0 Å². The van der Waals surface area contributed by atoms with Gasteiger partial charge in [-0.05, 0) is 19.8 Å². The van der Waals surface area contributed by atoms with Crippen LogP contribution in [0.3, 0.4) is 0 Å². The predicted octanol–water partition coefficient (Wildman–Crippen LogP) is 0.797. The Hall–Kier alpha value is -1.79. The molecule has 1 saturated carbocycles. The molecule has 1 aliphatic rings. The number of carboxylic acid groups (broad SMARTS) is 1. The summed E-state index contributed by atoms with van der Waals surface area (Å²) < 4.78 is 0. The van der Waals surface area contributed by atoms with Gasteiger partial charge in [0.2, 0.25) is 5.91 Å². The van der Waals surface area contributed by atoms with Crippen molar-refractivity contribution in [1.29, 1.82) is 0 Å². The Morgan fingerprint density at radius 2 is 1.86 bits per heavy atom. The van der Waals surface area contributed by atoms with Gasteiger partial charge in [-0.3, -0.25) is 9.59 Å². The minimum absolute atomic E-state index is 0.0827. The lowest BCUT2D eigenvalue weighted by Gasteiger charge is -2.23. The quantitative estimate of drug-likeness (QED) is 0.654. The Morgan fingerprint density at radius 3 is 2.48 bits per heavy atom. The van der Waals surface area contributed by atoms with Crippen LogP contribution in [0.5, 0.6) is 0 Å². The molecular weight excluding hydrogens is 274 g/mol. The summed E-state index contributed by atoms with van der Waals surface area (Å²) in [5, 5.41) is 14.4. The highest BCUT2D eigenvalue weighted by molar-refractivity contribution is 5.84. The molecule has 0 radical (unpaired) electrons. The number of nitrogens with zero attached hydrogens (tertiary/aromatic N) is 1. The molecule has 0 bridgehead atoms. The fraction of sp³-hybridized carbons (Fsp3) is 0.786. The zero-order valence-electron chi connectivity index (χ0n) is 12.7. The highest BCUT2D eigenvalue weighted by atomic mass is 16.4. The number of urea groups is 1. The summed E-state index contributed by atoms with van der Waals surface area (Å²) >= 11 is 0. The lowest BCUT2D eigenvalue weighted by molar-refractivity contribution is -0.142. The van der Waals surface area contributed by atoms with Crippen molar-refractivity contribution in [2.24, 2.45) is 5.92 Å². The van der Waals surface area contributed by atoms with Gasteiger partial charge in [0.05, 0.1) is 12.5 Å². The van der Waals surface area contributed by atoms with Gasteiger partial charge in [0.1, 0.15) is 0 Å². The summed E-state index contributed by atoms with van der Waals surface area (Å²) in [6.45, 7) is 2.34. The molecular formula is C14H25N3O4. The van der Waals surface area contributed by atoms with Gasteiger partial charge in [0, 0.05) is 19.6 Å². The molecule has 1 aliphatic carbocycles. The Labute approximate surface area is 125 Å². The molecule has 0 aliphatic heterocycles. The second kappa shape index (κ2) is 8.49. The van der Waals surface area contributed by atoms with Crippen molar-refractivity contribution in [2.45, 2.75) is 45.1 Å². The number of hydrogen-bond donors (Lipinski definition) is 3. The average Bonchev–Trinajstić information content (AvgIpc) is 2.69. The summed E-state index contributed by atoms with van der Waals surface area (Å²) in [5.74, 6) is -1.60. The van der Waals surface area contributed by atoms with Gasteiger partial charge < -0.3 is 20.6 Å². The van der Waals surface area contributed by atoms with Gasteiger partial charge in [-0.25, -0.2) is 4.79 Å². The first-order chi connectivity index (χ1) is 9.95. The average molecular weight is 299 g/mol. The smallest absolute Gasteiger partial charge is 0.315 e. The number of aliphatic carboxylic acids is 1. The first kappa shape index (κ1) is 17.3. The monoisotopic (exact) mass is 299 g/mol. The maximum absolute atomic E-state index is 11.8. The number of rotatable bonds is 5. The van der Waals surface area contributed by atoms with Crippen LogP contribution in [0.4, 0.5) is 4.79 Å². The Bertz CT molecular complexity index is 386. The van der Waals surface area contributed by atoms with E-state index in [1.54, 1.807) is 7.05 Å². The molecule has 0 heterocycles. The zero-order valence-corrected chi connectivity index (χ0v) is 12.7. The molecule has 0 aromatic carbocycles. The van der Waals surface area contributed by atoms with Crippen LogP contribution in [0.25, 0.3) is 0 Å². The molecule has 1 fully saturated rings. The highest BCUT2D eigenvalue weighted by Gasteiger charge is 2.30. The summed E-state index contributed by atoms with van der Waals surface area (Å²) in [7, 11) is 1.66. The largest absolute Gasteiger partial charge is 0.481 e. The molecule has 7 heteroatoms. The van der Waals surface area contributed by atoms with E-state index < -0.39 is 17.9 Å². The molecule has 3 N–H and O–H groups in total. The maximum Gasteiger partial charge on any atom is 0.315 e. The first-order valence-electron chi connectivity index (χ1n) is 7.46. The molecule has 3 amide bonds. The predicted molar refractivity (Wildman–Crippen MR) is 77.8 cm³/mol. The van der Waals surface area contributed by atoms with E-state index in [2.05, 4.69) is 10.6 Å². The second-order valence-corrected chi connectivity index (χ2v) is 5.42. The van der Waals surface area contributed by atoms with Crippen LogP contribution in [0.15, 0.2) is 0 Å². The summed E-state index contributed by atoms with van der Waals surface area (Å²) in [6, 6.07) is -0.852. The molecule has 0 spiro atoms. The van der Waals surface area contributed by atoms with Crippen molar-refractivity contribution >= 4 is 17.9 Å². The van der Waals surface area contributed by atoms with Crippen LogP contribution >= 0.6 is 0 Å². The number of amides is 3. The van der Waals surface area contributed by atoms with Gasteiger partial charge in [0.15, 0.2) is 0 Å². The fourth-order valence-electron chi connectivity index (χ4n) is 2.46. The molecule has 2 atom stereocenters. The van der Waals surface area contributed by atoms with Crippen LogP contribution in [0.1, 0.15) is 39.0 Å². The van der Waals surface area contributed by atoms with Gasteiger partial charge >= 0.3 is 12.0 Å². The minimum atomic E-state index is -0.871. The lowest BCUT2D eigenvalue weighted by atomic mass is 9.95. The van der Waals surface area contributed by atoms with Crippen LogP contribution in [-0.4, -0.2) is 54.1 Å². The molecule has 2 unspecified atom stereocenters. The molecule has 0 aromatic heterocycles. The Balaban J connectivity index is 2.47. The van der Waals surface area contributed by atoms with Gasteiger partial charge in [-0.1, -0.05) is 19.3 Å². The fourth-order valence-corrected chi connectivity index (χ4v) is 2.46. The van der Waals surface area contributed by atoms with E-state index >= 15 is 0 Å². The van der Waals surface area contributed by atoms with Crippen molar-refractivity contribution in [3.63, 3.8) is 0 Å². The SMILES string of the molecule is CCN(C)C(=O)CNC(=O)NC1CCCCCC1C(=O)O. The van der Waals surface area contributed by atoms with Crippen molar-refractivity contribution < 1.29 is 19.5 Å². The molecule has 0 aromatic rings. The van der Waals surface area contributed by atoms with E-state index in [4.69, 9.17) is 0 Å². The summed E-state index contributed by atoms with van der Waals surface area (Å²) in [6.07, 6.45) is 4.01. The molecule has 0 saturated heterocycles. The second-order valence-electron chi connectivity index (χ2n) is 5.42. The normalized spacial score (nSPS) is 22.0. The Kier molecular flexibility index (Phi) is 6.98. The van der Waals surface area contributed by atoms with Crippen LogP contribution in [0.2, 0.25) is 0 Å². The standard InChI is InChI=1S/C14H25N3O4/c1-3-17(2)12(18)9-15-14(21)16-11-8-6-4-5-7-10(11)13(19)20/h10-11H,3-9H2,1-2H3,(H,19,20)(H2,15,16,21). The third-order valence-electron chi connectivity index (χ3n) is 3.95. The lowest BCUT2D eigenvalue weighted by Crippen LogP contribution is -2.49. The van der Waals surface area contributed by atoms with Gasteiger partial charge in [-0.2, -0.15) is 0 Å². The minimum Gasteiger partial charge on any atom is -0.481 e. The van der Waals surface area contributed by atoms with E-state index in [1.165, 1.54) is 4.90 Å². The van der Waals surface area contributed by atoms with E-state index in [1.807, 2.05) is 6.92 Å². The van der Waals surface area contributed by atoms with Crippen molar-refractivity contribution in [3.8, 4) is 0 Å². The molecule has 7 nitrogen and oxygen atoms in total. The van der Waals surface area contributed by atoms with E-state index in [-0.39, 0.29) is 18.5 Å². The third-order valence-corrected chi connectivity index (χ3v) is 3.95. The van der Waals surface area contributed by atoms with Crippen molar-refractivity contribution in [2.75, 3.05) is 20.1 Å². The number of nitrogens with one attached hydrogen (secondary N) is 2. The van der Waals surface area contributed by atoms with Crippen LogP contribution in [0, 0.1) is 5.92 Å². The summed E-state index contributed by atoms with van der Waals surface area (Å²) in [5.41, 5.74) is 0. The number of carbonyl (C=O) groups is 3. The number of carbonyl (C=O) groups excluding carboxylic acids is 2. The van der Waals surface area contributed by atoms with E-state index in [0.717, 1.165) is 19.3 Å². The maximum atomic E-state index is 11.8. The third kappa shape index (κ3) is 5.61. The molecule has 120 valence electrons. The Morgan fingerprint density at radius 1 is 1.19 bits per heavy atom. The van der Waals surface area contributed by atoms with Crippen LogP contribution < -0.4 is 10.6 Å². The van der Waals surface area contributed by atoms with Crippen LogP contribution in [-0.2, 0) is 9.59 Å². The number of likely N-dealkylation sites (N-methyl/N-ethyl adjacent to an activating group) is 1. The van der Waals surface area contributed by atoms with Gasteiger partial charge in [-0.15, -0.1) is 0 Å². The topological polar surface area (TPSA) is 98.7 Å². The first-order valence-corrected chi connectivity index (χ1v) is 7.46. The number of hydrogen-bond acceptors (Lipinski definition) is 3. The number of carboxylic acids is 1. The van der Waals surface area contributed by atoms with E-state index in [0.29, 0.717) is 19.4 Å². The zero-order chi connectivity index (χ0) is 15.8. The molecule has 1 rings (SSSR count). The van der Waals surface area contributed by atoms with E-state index in [9.17, 15) is 19.5 Å².